The van der Waals surface area contributed by atoms with Gasteiger partial charge in [0.05, 0.1) is 4.92 Å². The molecule has 0 aliphatic carbocycles. The van der Waals surface area contributed by atoms with Gasteiger partial charge in [-0.05, 0) is 42.8 Å². The summed E-state index contributed by atoms with van der Waals surface area (Å²) in [5, 5.41) is 13.9. The number of amides is 1. The molecule has 0 bridgehead atoms. The Morgan fingerprint density at radius 1 is 1.10 bits per heavy atom. The van der Waals surface area contributed by atoms with Crippen molar-refractivity contribution in [3.05, 3.63) is 75.7 Å². The fourth-order valence-corrected chi connectivity index (χ4v) is 2.93. The number of hydrogen-bond acceptors (Lipinski definition) is 7. The molecule has 1 aliphatic rings. The molecule has 3 aromatic rings. The van der Waals surface area contributed by atoms with Gasteiger partial charge in [0, 0.05) is 17.8 Å². The lowest BCUT2D eigenvalue weighted by atomic mass is 10.2. The van der Waals surface area contributed by atoms with E-state index >= 15 is 0 Å². The first-order valence-corrected chi connectivity index (χ1v) is 9.17. The molecule has 0 unspecified atom stereocenters. The molecule has 30 heavy (non-hydrogen) atoms. The molecule has 154 valence electrons. The average molecular weight is 410 g/mol. The van der Waals surface area contributed by atoms with Crippen LogP contribution in [0.5, 0.6) is 17.2 Å². The van der Waals surface area contributed by atoms with Gasteiger partial charge in [-0.2, -0.15) is 0 Å². The molecule has 2 heterocycles. The number of carbonyl (C=O) groups excluding carboxylic acids is 1. The Hall–Kier alpha value is -4.01. The molecular weight excluding hydrogens is 392 g/mol. The summed E-state index contributed by atoms with van der Waals surface area (Å²) in [5.41, 5.74) is 1.16. The monoisotopic (exact) mass is 410 g/mol. The summed E-state index contributed by atoms with van der Waals surface area (Å²) in [6, 6.07) is 12.9. The third-order valence-electron chi connectivity index (χ3n) is 4.37. The van der Waals surface area contributed by atoms with Gasteiger partial charge in [0.25, 0.3) is 5.91 Å². The molecule has 0 saturated heterocycles. The van der Waals surface area contributed by atoms with Crippen LogP contribution in [0.1, 0.15) is 21.9 Å². The number of nitrogens with one attached hydrogen (secondary N) is 1. The van der Waals surface area contributed by atoms with Crippen LogP contribution in [-0.4, -0.2) is 24.0 Å². The van der Waals surface area contributed by atoms with E-state index in [4.69, 9.17) is 18.6 Å². The number of carbonyl (C=O) groups is 1. The van der Waals surface area contributed by atoms with Gasteiger partial charge in [-0.25, -0.2) is 0 Å². The van der Waals surface area contributed by atoms with E-state index < -0.39 is 10.8 Å². The minimum absolute atomic E-state index is 0.0544. The number of nitrogens with zero attached hydrogens (tertiary/aromatic N) is 1. The van der Waals surface area contributed by atoms with E-state index in [0.29, 0.717) is 36.2 Å². The third kappa shape index (κ3) is 4.19. The number of rotatable bonds is 6. The number of nitro groups is 1. The number of aryl methyl sites for hydroxylation is 1. The Bertz CT molecular complexity index is 1110. The number of hydrogen-bond donors (Lipinski definition) is 1. The van der Waals surface area contributed by atoms with E-state index in [0.717, 1.165) is 5.56 Å². The molecule has 1 aliphatic heterocycles. The van der Waals surface area contributed by atoms with Crippen molar-refractivity contribution in [1.82, 2.24) is 0 Å². The van der Waals surface area contributed by atoms with Crippen molar-refractivity contribution < 1.29 is 28.3 Å². The van der Waals surface area contributed by atoms with Crippen LogP contribution in [0.25, 0.3) is 0 Å². The van der Waals surface area contributed by atoms with E-state index in [2.05, 4.69) is 5.32 Å². The van der Waals surface area contributed by atoms with Gasteiger partial charge in [0.1, 0.15) is 25.6 Å². The molecule has 0 saturated carbocycles. The zero-order chi connectivity index (χ0) is 21.1. The van der Waals surface area contributed by atoms with Crippen LogP contribution in [0.15, 0.2) is 52.9 Å². The second-order valence-corrected chi connectivity index (χ2v) is 6.60. The summed E-state index contributed by atoms with van der Waals surface area (Å²) >= 11 is 0. The summed E-state index contributed by atoms with van der Waals surface area (Å²) in [5.74, 6) is 1.32. The van der Waals surface area contributed by atoms with Crippen molar-refractivity contribution in [1.29, 1.82) is 0 Å². The number of ether oxygens (including phenoxy) is 3. The van der Waals surface area contributed by atoms with Gasteiger partial charge in [-0.3, -0.25) is 14.9 Å². The number of furan rings is 1. The quantitative estimate of drug-likeness (QED) is 0.481. The van der Waals surface area contributed by atoms with Crippen LogP contribution < -0.4 is 19.5 Å². The summed E-state index contributed by atoms with van der Waals surface area (Å²) in [6.07, 6.45) is 0. The first-order valence-electron chi connectivity index (χ1n) is 9.17. The number of nitro benzene ring substituents is 1. The fourth-order valence-electron chi connectivity index (χ4n) is 2.93. The second-order valence-electron chi connectivity index (χ2n) is 6.60. The van der Waals surface area contributed by atoms with E-state index in [1.165, 1.54) is 18.2 Å². The molecule has 1 aromatic heterocycles. The highest BCUT2D eigenvalue weighted by Gasteiger charge is 2.18. The number of anilines is 1. The molecule has 1 N–H and O–H groups in total. The molecule has 2 aromatic carbocycles. The summed E-state index contributed by atoms with van der Waals surface area (Å²) in [6.45, 7) is 2.64. The van der Waals surface area contributed by atoms with Crippen LogP contribution in [0, 0.1) is 17.0 Å². The summed E-state index contributed by atoms with van der Waals surface area (Å²) in [7, 11) is 0. The van der Waals surface area contributed by atoms with Crippen LogP contribution in [0.3, 0.4) is 0 Å². The Kier molecular flexibility index (Phi) is 5.25. The third-order valence-corrected chi connectivity index (χ3v) is 4.37. The fraction of sp³-hybridized carbons (Fsp3) is 0.190. The van der Waals surface area contributed by atoms with Crippen molar-refractivity contribution in [2.24, 2.45) is 0 Å². The topological polar surface area (TPSA) is 113 Å². The maximum atomic E-state index is 12.4. The van der Waals surface area contributed by atoms with E-state index in [1.807, 2.05) is 0 Å². The first kappa shape index (κ1) is 19.3. The van der Waals surface area contributed by atoms with Crippen molar-refractivity contribution in [3.8, 4) is 17.2 Å². The molecule has 4 rings (SSSR count). The highest BCUT2D eigenvalue weighted by atomic mass is 16.6. The number of benzene rings is 2. The van der Waals surface area contributed by atoms with Crippen LogP contribution >= 0.6 is 0 Å². The van der Waals surface area contributed by atoms with Crippen LogP contribution in [-0.2, 0) is 6.61 Å². The maximum Gasteiger partial charge on any atom is 0.311 e. The molecule has 1 amide bonds. The van der Waals surface area contributed by atoms with E-state index in [-0.39, 0.29) is 23.8 Å². The van der Waals surface area contributed by atoms with Gasteiger partial charge in [-0.1, -0.05) is 6.07 Å². The second kappa shape index (κ2) is 8.16. The van der Waals surface area contributed by atoms with Gasteiger partial charge in [-0.15, -0.1) is 0 Å². The highest BCUT2D eigenvalue weighted by Crippen LogP contribution is 2.33. The molecular formula is C21H18N2O7. The lowest BCUT2D eigenvalue weighted by molar-refractivity contribution is -0.386. The molecule has 9 heteroatoms. The average Bonchev–Trinajstić information content (AvgIpc) is 3.22. The van der Waals surface area contributed by atoms with Crippen molar-refractivity contribution in [3.63, 3.8) is 0 Å². The molecule has 0 radical (unpaired) electrons. The van der Waals surface area contributed by atoms with E-state index in [9.17, 15) is 14.9 Å². The largest absolute Gasteiger partial charge is 0.486 e. The van der Waals surface area contributed by atoms with E-state index in [1.54, 1.807) is 37.3 Å². The zero-order valence-electron chi connectivity index (χ0n) is 16.0. The zero-order valence-corrected chi connectivity index (χ0v) is 16.0. The molecule has 0 atom stereocenters. The van der Waals surface area contributed by atoms with Crippen molar-refractivity contribution >= 4 is 17.3 Å². The minimum Gasteiger partial charge on any atom is -0.486 e. The minimum atomic E-state index is -0.503. The molecule has 9 nitrogen and oxygen atoms in total. The van der Waals surface area contributed by atoms with Crippen molar-refractivity contribution in [2.45, 2.75) is 13.5 Å². The smallest absolute Gasteiger partial charge is 0.311 e. The van der Waals surface area contributed by atoms with Crippen molar-refractivity contribution in [2.75, 3.05) is 18.5 Å². The van der Waals surface area contributed by atoms with Gasteiger partial charge < -0.3 is 23.9 Å². The lowest BCUT2D eigenvalue weighted by Gasteiger charge is -2.18. The van der Waals surface area contributed by atoms with Gasteiger partial charge in [0.15, 0.2) is 23.0 Å². The maximum absolute atomic E-state index is 12.4. The van der Waals surface area contributed by atoms with Gasteiger partial charge >= 0.3 is 5.69 Å². The summed E-state index contributed by atoms with van der Waals surface area (Å²) < 4.78 is 22.0. The molecule has 0 fully saturated rings. The molecule has 0 spiro atoms. The van der Waals surface area contributed by atoms with Gasteiger partial charge in [0.2, 0.25) is 0 Å². The number of fused-ring (bicyclic) bond motifs is 1. The van der Waals surface area contributed by atoms with Crippen LogP contribution in [0.2, 0.25) is 0 Å². The summed E-state index contributed by atoms with van der Waals surface area (Å²) in [4.78, 5) is 23.1. The Balaban J connectivity index is 1.40. The predicted molar refractivity (Wildman–Crippen MR) is 106 cm³/mol. The Morgan fingerprint density at radius 3 is 2.70 bits per heavy atom. The first-order chi connectivity index (χ1) is 14.5. The normalized spacial score (nSPS) is 12.3. The Morgan fingerprint density at radius 2 is 1.90 bits per heavy atom. The predicted octanol–water partition coefficient (Wildman–Crippen LogP) is 4.10. The SMILES string of the molecule is Cc1ccc(OCc2ccc(C(=O)Nc3ccc4c(c3)OCCO4)o2)c([N+](=O)[O-])c1. The lowest BCUT2D eigenvalue weighted by Crippen LogP contribution is -2.16. The highest BCUT2D eigenvalue weighted by molar-refractivity contribution is 6.02. The Labute approximate surface area is 171 Å². The standard InChI is InChI=1S/C21H18N2O7/c1-13-2-5-17(16(10-13)23(25)26)29-12-15-4-7-19(30-15)21(24)22-14-3-6-18-20(11-14)28-9-8-27-18/h2-7,10-11H,8-9,12H2,1H3,(H,22,24). The van der Waals surface area contributed by atoms with Crippen LogP contribution in [0.4, 0.5) is 11.4 Å².